The Morgan fingerprint density at radius 3 is 2.64 bits per heavy atom. The van der Waals surface area contributed by atoms with Crippen molar-refractivity contribution < 1.29 is 24.2 Å². The third-order valence-electron chi connectivity index (χ3n) is 5.02. The first-order chi connectivity index (χ1) is 13.4. The van der Waals surface area contributed by atoms with Gasteiger partial charge in [0.25, 0.3) is 0 Å². The molecule has 1 aliphatic rings. The molecular formula is C20H25N3O5. The van der Waals surface area contributed by atoms with Crippen molar-refractivity contribution in [3.63, 3.8) is 0 Å². The third-order valence-corrected chi connectivity index (χ3v) is 5.02. The van der Waals surface area contributed by atoms with E-state index in [9.17, 15) is 14.7 Å². The number of pyridine rings is 1. The molecule has 0 radical (unpaired) electrons. The predicted molar refractivity (Wildman–Crippen MR) is 105 cm³/mol. The zero-order chi connectivity index (χ0) is 20.3. The van der Waals surface area contributed by atoms with Gasteiger partial charge >= 0.3 is 5.97 Å². The number of nitrogen functional groups attached to an aromatic ring is 1. The number of carbonyl (C=O) groups excluding carboxylic acids is 1. The average Bonchev–Trinajstić information content (AvgIpc) is 2.63. The zero-order valence-electron chi connectivity index (χ0n) is 16.0. The Morgan fingerprint density at radius 2 is 2.00 bits per heavy atom. The van der Waals surface area contributed by atoms with Gasteiger partial charge in [0.15, 0.2) is 0 Å². The van der Waals surface area contributed by atoms with E-state index >= 15 is 0 Å². The third kappa shape index (κ3) is 4.17. The van der Waals surface area contributed by atoms with Crippen LogP contribution in [0.25, 0.3) is 10.9 Å². The molecule has 28 heavy (non-hydrogen) atoms. The number of aryl methyl sites for hydroxylation is 1. The number of benzene rings is 1. The van der Waals surface area contributed by atoms with Gasteiger partial charge in [-0.25, -0.2) is 4.79 Å². The molecular weight excluding hydrogens is 362 g/mol. The molecule has 2 aromatic rings. The first-order valence-electron chi connectivity index (χ1n) is 9.27. The number of nitrogens with zero attached hydrogens (tertiary/aromatic N) is 1. The van der Waals surface area contributed by atoms with Crippen molar-refractivity contribution in [1.82, 2.24) is 10.3 Å². The Hall–Kier alpha value is -2.87. The fraction of sp³-hybridized carbons (Fsp3) is 0.450. The van der Waals surface area contributed by atoms with E-state index < -0.39 is 5.97 Å². The van der Waals surface area contributed by atoms with Gasteiger partial charge < -0.3 is 25.6 Å². The van der Waals surface area contributed by atoms with Crippen LogP contribution in [-0.4, -0.2) is 47.8 Å². The van der Waals surface area contributed by atoms with Crippen LogP contribution in [0.3, 0.4) is 0 Å². The average molecular weight is 387 g/mol. The fourth-order valence-corrected chi connectivity index (χ4v) is 3.71. The SMILES string of the molecule is COCC(=O)NC1CCC(Oc2cccc3nc(C)c(C(=O)O)c(N)c23)CC1. The molecule has 1 aliphatic carbocycles. The van der Waals surface area contributed by atoms with Crippen LogP contribution in [0, 0.1) is 6.92 Å². The van der Waals surface area contributed by atoms with E-state index in [0.29, 0.717) is 22.3 Å². The highest BCUT2D eigenvalue weighted by atomic mass is 16.5. The van der Waals surface area contributed by atoms with Crippen LogP contribution >= 0.6 is 0 Å². The number of aromatic carboxylic acids is 1. The van der Waals surface area contributed by atoms with E-state index in [2.05, 4.69) is 10.3 Å². The number of hydrogen-bond acceptors (Lipinski definition) is 6. The van der Waals surface area contributed by atoms with Crippen molar-refractivity contribution in [3.8, 4) is 5.75 Å². The van der Waals surface area contributed by atoms with Crippen LogP contribution in [0.2, 0.25) is 0 Å². The smallest absolute Gasteiger partial charge is 0.339 e. The van der Waals surface area contributed by atoms with Gasteiger partial charge in [0.05, 0.1) is 28.4 Å². The normalized spacial score (nSPS) is 19.4. The van der Waals surface area contributed by atoms with Crippen LogP contribution in [0.5, 0.6) is 5.75 Å². The quantitative estimate of drug-likeness (QED) is 0.694. The number of methoxy groups -OCH3 is 1. The molecule has 1 amide bonds. The van der Waals surface area contributed by atoms with E-state index in [1.165, 1.54) is 7.11 Å². The molecule has 0 unspecified atom stereocenters. The topological polar surface area (TPSA) is 124 Å². The van der Waals surface area contributed by atoms with Gasteiger partial charge in [-0.05, 0) is 44.7 Å². The van der Waals surface area contributed by atoms with Gasteiger partial charge in [0.1, 0.15) is 17.9 Å². The van der Waals surface area contributed by atoms with E-state index in [1.54, 1.807) is 19.1 Å². The summed E-state index contributed by atoms with van der Waals surface area (Å²) in [6, 6.07) is 5.51. The number of rotatable bonds is 6. The lowest BCUT2D eigenvalue weighted by Crippen LogP contribution is -2.41. The molecule has 1 heterocycles. The number of nitrogens with one attached hydrogen (secondary N) is 1. The largest absolute Gasteiger partial charge is 0.490 e. The van der Waals surface area contributed by atoms with Gasteiger partial charge in [0, 0.05) is 13.2 Å². The number of hydrogen-bond donors (Lipinski definition) is 3. The van der Waals surface area contributed by atoms with Gasteiger partial charge in [-0.2, -0.15) is 0 Å². The van der Waals surface area contributed by atoms with Crippen molar-refractivity contribution in [2.45, 2.75) is 44.8 Å². The Morgan fingerprint density at radius 1 is 1.29 bits per heavy atom. The predicted octanol–water partition coefficient (Wildman–Crippen LogP) is 2.28. The van der Waals surface area contributed by atoms with Gasteiger partial charge in [0.2, 0.25) is 5.91 Å². The first kappa shape index (κ1) is 19.9. The monoisotopic (exact) mass is 387 g/mol. The Labute approximate surface area is 163 Å². The number of carboxylic acid groups (broad SMARTS) is 1. The highest BCUT2D eigenvalue weighted by Gasteiger charge is 2.25. The lowest BCUT2D eigenvalue weighted by molar-refractivity contribution is -0.125. The maximum Gasteiger partial charge on any atom is 0.339 e. The molecule has 1 aromatic heterocycles. The maximum absolute atomic E-state index is 11.6. The van der Waals surface area contributed by atoms with Crippen LogP contribution in [-0.2, 0) is 9.53 Å². The Balaban J connectivity index is 1.76. The molecule has 4 N–H and O–H groups in total. The van der Waals surface area contributed by atoms with E-state index in [0.717, 1.165) is 25.7 Å². The molecule has 0 spiro atoms. The van der Waals surface area contributed by atoms with Crippen LogP contribution in [0.1, 0.15) is 41.7 Å². The fourth-order valence-electron chi connectivity index (χ4n) is 3.71. The number of amides is 1. The lowest BCUT2D eigenvalue weighted by Gasteiger charge is -2.30. The number of ether oxygens (including phenoxy) is 2. The summed E-state index contributed by atoms with van der Waals surface area (Å²) in [5.74, 6) is -0.681. The van der Waals surface area contributed by atoms with Crippen molar-refractivity contribution in [2.75, 3.05) is 19.5 Å². The molecule has 8 heteroatoms. The minimum Gasteiger partial charge on any atom is -0.490 e. The molecule has 0 saturated heterocycles. The second-order valence-electron chi connectivity index (χ2n) is 7.03. The highest BCUT2D eigenvalue weighted by molar-refractivity contribution is 6.06. The minimum atomic E-state index is -1.11. The highest BCUT2D eigenvalue weighted by Crippen LogP contribution is 2.35. The Kier molecular flexibility index (Phi) is 5.99. The second-order valence-corrected chi connectivity index (χ2v) is 7.03. The number of carbonyl (C=O) groups is 2. The number of carboxylic acids is 1. The van der Waals surface area contributed by atoms with E-state index in [4.69, 9.17) is 15.2 Å². The molecule has 0 aliphatic heterocycles. The standard InChI is InChI=1S/C20H25N3O5/c1-11-17(20(25)26)19(21)18-14(22-11)4-3-5-15(18)28-13-8-6-12(7-9-13)23-16(24)10-27-2/h3-5,12-13H,6-10H2,1-2H3,(H2,21,22)(H,23,24)(H,25,26). The molecule has 8 nitrogen and oxygen atoms in total. The Bertz CT molecular complexity index is 891. The van der Waals surface area contributed by atoms with Crippen molar-refractivity contribution >= 4 is 28.5 Å². The number of nitrogens with two attached hydrogens (primary N) is 1. The van der Waals surface area contributed by atoms with Crippen molar-refractivity contribution in [3.05, 3.63) is 29.5 Å². The summed E-state index contributed by atoms with van der Waals surface area (Å²) in [4.78, 5) is 27.6. The van der Waals surface area contributed by atoms with Crippen LogP contribution in [0.4, 0.5) is 5.69 Å². The molecule has 150 valence electrons. The summed E-state index contributed by atoms with van der Waals surface area (Å²) in [6.45, 7) is 1.69. The molecule has 1 aromatic carbocycles. The van der Waals surface area contributed by atoms with Crippen LogP contribution < -0.4 is 15.8 Å². The second kappa shape index (κ2) is 8.43. The van der Waals surface area contributed by atoms with E-state index in [1.807, 2.05) is 6.07 Å². The summed E-state index contributed by atoms with van der Waals surface area (Å²) < 4.78 is 11.0. The molecule has 1 fully saturated rings. The van der Waals surface area contributed by atoms with Crippen molar-refractivity contribution in [2.24, 2.45) is 0 Å². The number of fused-ring (bicyclic) bond motifs is 1. The van der Waals surface area contributed by atoms with Gasteiger partial charge in [-0.15, -0.1) is 0 Å². The summed E-state index contributed by atoms with van der Waals surface area (Å²) in [5.41, 5.74) is 7.34. The van der Waals surface area contributed by atoms with Gasteiger partial charge in [-0.1, -0.05) is 6.07 Å². The first-order valence-corrected chi connectivity index (χ1v) is 9.27. The minimum absolute atomic E-state index is 0.00751. The number of anilines is 1. The number of aromatic nitrogens is 1. The summed E-state index contributed by atoms with van der Waals surface area (Å²) in [7, 11) is 1.49. The van der Waals surface area contributed by atoms with Crippen LogP contribution in [0.15, 0.2) is 18.2 Å². The molecule has 0 atom stereocenters. The molecule has 1 saturated carbocycles. The zero-order valence-corrected chi connectivity index (χ0v) is 16.0. The van der Waals surface area contributed by atoms with Gasteiger partial charge in [-0.3, -0.25) is 9.78 Å². The maximum atomic E-state index is 11.6. The molecule has 0 bridgehead atoms. The lowest BCUT2D eigenvalue weighted by atomic mass is 9.93. The van der Waals surface area contributed by atoms with E-state index in [-0.39, 0.29) is 35.9 Å². The summed E-state index contributed by atoms with van der Waals surface area (Å²) in [6.07, 6.45) is 3.13. The molecule has 3 rings (SSSR count). The summed E-state index contributed by atoms with van der Waals surface area (Å²) >= 11 is 0. The van der Waals surface area contributed by atoms with Crippen molar-refractivity contribution in [1.29, 1.82) is 0 Å². The summed E-state index contributed by atoms with van der Waals surface area (Å²) in [5, 5.41) is 12.9.